The van der Waals surface area contributed by atoms with E-state index in [0.717, 1.165) is 18.5 Å². The summed E-state index contributed by atoms with van der Waals surface area (Å²) in [7, 11) is 0. The van der Waals surface area contributed by atoms with Crippen molar-refractivity contribution >= 4 is 0 Å². The minimum Gasteiger partial charge on any atom is -0.312 e. The maximum Gasteiger partial charge on any atom is 0.0195 e. The molecule has 0 radical (unpaired) electrons. The second-order valence-corrected chi connectivity index (χ2v) is 5.87. The van der Waals surface area contributed by atoms with Gasteiger partial charge in [-0.3, -0.25) is 4.90 Å². The smallest absolute Gasteiger partial charge is 0.0195 e. The number of hydrogen-bond donors (Lipinski definition) is 1. The first-order chi connectivity index (χ1) is 7.52. The van der Waals surface area contributed by atoms with E-state index in [1.165, 1.54) is 25.8 Å². The van der Waals surface area contributed by atoms with Gasteiger partial charge < -0.3 is 5.32 Å². The fraction of sp³-hybridized carbons (Fsp3) is 1.00. The van der Waals surface area contributed by atoms with Gasteiger partial charge in [0, 0.05) is 24.7 Å². The maximum absolute atomic E-state index is 3.66. The Bertz CT molecular complexity index is 191. The van der Waals surface area contributed by atoms with Gasteiger partial charge in [0.15, 0.2) is 0 Å². The molecule has 1 fully saturated rings. The maximum atomic E-state index is 3.66. The number of rotatable bonds is 5. The van der Waals surface area contributed by atoms with Crippen LogP contribution in [0.4, 0.5) is 0 Å². The lowest BCUT2D eigenvalue weighted by Gasteiger charge is -2.38. The van der Waals surface area contributed by atoms with Crippen LogP contribution in [0.2, 0.25) is 0 Å². The van der Waals surface area contributed by atoms with Crippen LogP contribution in [0.25, 0.3) is 0 Å². The van der Waals surface area contributed by atoms with E-state index in [0.29, 0.717) is 12.1 Å². The second kappa shape index (κ2) is 6.61. The molecule has 0 aromatic heterocycles. The largest absolute Gasteiger partial charge is 0.312 e. The quantitative estimate of drug-likeness (QED) is 0.775. The number of likely N-dealkylation sites (tertiary alicyclic amines) is 1. The van der Waals surface area contributed by atoms with E-state index < -0.39 is 0 Å². The van der Waals surface area contributed by atoms with Crippen LogP contribution in [0.5, 0.6) is 0 Å². The molecule has 0 amide bonds. The number of piperidine rings is 1. The van der Waals surface area contributed by atoms with Crippen molar-refractivity contribution in [3.8, 4) is 0 Å². The Kier molecular flexibility index (Phi) is 5.77. The SMILES string of the molecule is CC(C)C(C)NCC(C)N1CCCCC1C. The molecule has 96 valence electrons. The molecule has 1 saturated heterocycles. The molecular formula is C14H30N2. The highest BCUT2D eigenvalue weighted by molar-refractivity contribution is 4.80. The molecule has 3 atom stereocenters. The van der Waals surface area contributed by atoms with Gasteiger partial charge >= 0.3 is 0 Å². The van der Waals surface area contributed by atoms with Crippen molar-refractivity contribution in [1.29, 1.82) is 0 Å². The van der Waals surface area contributed by atoms with Crippen molar-refractivity contribution in [2.75, 3.05) is 13.1 Å². The van der Waals surface area contributed by atoms with Crippen LogP contribution in [-0.2, 0) is 0 Å². The highest BCUT2D eigenvalue weighted by Gasteiger charge is 2.23. The van der Waals surface area contributed by atoms with E-state index in [1.807, 2.05) is 0 Å². The highest BCUT2D eigenvalue weighted by atomic mass is 15.2. The van der Waals surface area contributed by atoms with E-state index in [-0.39, 0.29) is 0 Å². The second-order valence-electron chi connectivity index (χ2n) is 5.87. The van der Waals surface area contributed by atoms with Crippen LogP contribution in [0.15, 0.2) is 0 Å². The minimum atomic E-state index is 0.627. The molecule has 0 saturated carbocycles. The van der Waals surface area contributed by atoms with Gasteiger partial charge in [-0.1, -0.05) is 20.3 Å². The monoisotopic (exact) mass is 226 g/mol. The molecule has 3 unspecified atom stereocenters. The molecule has 16 heavy (non-hydrogen) atoms. The molecule has 0 spiro atoms. The third kappa shape index (κ3) is 4.06. The first kappa shape index (κ1) is 14.0. The summed E-state index contributed by atoms with van der Waals surface area (Å²) in [4.78, 5) is 2.67. The van der Waals surface area contributed by atoms with E-state index in [9.17, 15) is 0 Å². The molecule has 0 aromatic carbocycles. The van der Waals surface area contributed by atoms with Gasteiger partial charge in [0.05, 0.1) is 0 Å². The fourth-order valence-corrected chi connectivity index (χ4v) is 2.48. The average molecular weight is 226 g/mol. The molecule has 1 aliphatic heterocycles. The first-order valence-corrected chi connectivity index (χ1v) is 7.01. The molecule has 1 heterocycles. The third-order valence-electron chi connectivity index (χ3n) is 4.16. The van der Waals surface area contributed by atoms with Crippen molar-refractivity contribution in [1.82, 2.24) is 10.2 Å². The number of nitrogens with zero attached hydrogens (tertiary/aromatic N) is 1. The predicted octanol–water partition coefficient (Wildman–Crippen LogP) is 2.88. The Hall–Kier alpha value is -0.0800. The Morgan fingerprint density at radius 3 is 2.44 bits per heavy atom. The molecule has 1 N–H and O–H groups in total. The molecule has 1 aliphatic rings. The highest BCUT2D eigenvalue weighted by Crippen LogP contribution is 2.18. The number of hydrogen-bond acceptors (Lipinski definition) is 2. The van der Waals surface area contributed by atoms with Gasteiger partial charge in [0.1, 0.15) is 0 Å². The van der Waals surface area contributed by atoms with Crippen LogP contribution in [-0.4, -0.2) is 36.1 Å². The zero-order valence-corrected chi connectivity index (χ0v) is 11.8. The van der Waals surface area contributed by atoms with Gasteiger partial charge in [-0.15, -0.1) is 0 Å². The lowest BCUT2D eigenvalue weighted by Crippen LogP contribution is -2.49. The van der Waals surface area contributed by atoms with Gasteiger partial charge in [-0.25, -0.2) is 0 Å². The minimum absolute atomic E-state index is 0.627. The molecule has 1 rings (SSSR count). The third-order valence-corrected chi connectivity index (χ3v) is 4.16. The van der Waals surface area contributed by atoms with E-state index in [2.05, 4.69) is 44.8 Å². The molecule has 2 heteroatoms. The van der Waals surface area contributed by atoms with Crippen LogP contribution in [0, 0.1) is 5.92 Å². The van der Waals surface area contributed by atoms with Crippen molar-refractivity contribution in [2.45, 2.75) is 72.0 Å². The Labute approximate surface area is 102 Å². The van der Waals surface area contributed by atoms with E-state index >= 15 is 0 Å². The van der Waals surface area contributed by atoms with Crippen LogP contribution in [0.1, 0.15) is 53.9 Å². The topological polar surface area (TPSA) is 15.3 Å². The number of nitrogens with one attached hydrogen (secondary N) is 1. The fourth-order valence-electron chi connectivity index (χ4n) is 2.48. The molecule has 0 bridgehead atoms. The standard InChI is InChI=1S/C14H30N2/c1-11(2)14(5)15-10-13(4)16-9-7-6-8-12(16)3/h11-15H,6-10H2,1-5H3. The molecule has 0 aromatic rings. The lowest BCUT2D eigenvalue weighted by atomic mass is 10.0. The average Bonchev–Trinajstić information content (AvgIpc) is 2.25. The summed E-state index contributed by atoms with van der Waals surface area (Å²) in [6.45, 7) is 14.0. The Morgan fingerprint density at radius 1 is 1.19 bits per heavy atom. The van der Waals surface area contributed by atoms with Gasteiger partial charge in [-0.05, 0) is 46.1 Å². The zero-order chi connectivity index (χ0) is 12.1. The summed E-state index contributed by atoms with van der Waals surface area (Å²) in [6.07, 6.45) is 4.18. The molecule has 0 aliphatic carbocycles. The van der Waals surface area contributed by atoms with Gasteiger partial charge in [0.2, 0.25) is 0 Å². The van der Waals surface area contributed by atoms with Crippen LogP contribution in [0.3, 0.4) is 0 Å². The van der Waals surface area contributed by atoms with E-state index in [4.69, 9.17) is 0 Å². The van der Waals surface area contributed by atoms with Crippen molar-refractivity contribution in [2.24, 2.45) is 5.92 Å². The summed E-state index contributed by atoms with van der Waals surface area (Å²) in [5.41, 5.74) is 0. The summed E-state index contributed by atoms with van der Waals surface area (Å²) < 4.78 is 0. The zero-order valence-electron chi connectivity index (χ0n) is 11.8. The Morgan fingerprint density at radius 2 is 1.88 bits per heavy atom. The molecule has 2 nitrogen and oxygen atoms in total. The van der Waals surface area contributed by atoms with Crippen LogP contribution < -0.4 is 5.32 Å². The van der Waals surface area contributed by atoms with Crippen molar-refractivity contribution < 1.29 is 0 Å². The lowest BCUT2D eigenvalue weighted by molar-refractivity contribution is 0.110. The Balaban J connectivity index is 2.30. The summed E-state index contributed by atoms with van der Waals surface area (Å²) in [5.74, 6) is 0.728. The first-order valence-electron chi connectivity index (χ1n) is 7.01. The van der Waals surface area contributed by atoms with Crippen LogP contribution >= 0.6 is 0 Å². The van der Waals surface area contributed by atoms with Gasteiger partial charge in [-0.2, -0.15) is 0 Å². The summed E-state index contributed by atoms with van der Waals surface area (Å²) >= 11 is 0. The normalized spacial score (nSPS) is 27.0. The molecular weight excluding hydrogens is 196 g/mol. The van der Waals surface area contributed by atoms with Crippen molar-refractivity contribution in [3.63, 3.8) is 0 Å². The van der Waals surface area contributed by atoms with E-state index in [1.54, 1.807) is 0 Å². The predicted molar refractivity (Wildman–Crippen MR) is 71.8 cm³/mol. The van der Waals surface area contributed by atoms with Crippen molar-refractivity contribution in [3.05, 3.63) is 0 Å². The summed E-state index contributed by atoms with van der Waals surface area (Å²) in [6, 6.07) is 2.08. The summed E-state index contributed by atoms with van der Waals surface area (Å²) in [5, 5.41) is 3.66. The van der Waals surface area contributed by atoms with Gasteiger partial charge in [0.25, 0.3) is 0 Å².